The van der Waals surface area contributed by atoms with Crippen LogP contribution in [0.15, 0.2) is 24.3 Å². The van der Waals surface area contributed by atoms with E-state index in [9.17, 15) is 4.79 Å². The number of nitrogens with two attached hydrogens (primary N) is 1. The summed E-state index contributed by atoms with van der Waals surface area (Å²) in [4.78, 5) is 15.9. The average molecular weight is 277 g/mol. The standard InChI is InChI=1S/C16H27N3O/c1-14-5-7-15(8-6-14)13-18(2)12-9-16(20)19(3)11-4-10-17/h5-8H,4,9-13,17H2,1-3H3. The summed E-state index contributed by atoms with van der Waals surface area (Å²) in [6, 6.07) is 8.52. The van der Waals surface area contributed by atoms with Crippen LogP contribution in [0, 0.1) is 6.92 Å². The minimum Gasteiger partial charge on any atom is -0.346 e. The normalized spacial score (nSPS) is 10.8. The van der Waals surface area contributed by atoms with Crippen LogP contribution in [0.4, 0.5) is 0 Å². The van der Waals surface area contributed by atoms with Gasteiger partial charge in [-0.25, -0.2) is 0 Å². The number of hydrogen-bond donors (Lipinski definition) is 1. The first-order valence-corrected chi connectivity index (χ1v) is 7.21. The second-order valence-corrected chi connectivity index (χ2v) is 5.43. The molecule has 0 aromatic heterocycles. The van der Waals surface area contributed by atoms with Crippen LogP contribution in [0.2, 0.25) is 0 Å². The molecule has 112 valence electrons. The van der Waals surface area contributed by atoms with Crippen LogP contribution in [-0.2, 0) is 11.3 Å². The summed E-state index contributed by atoms with van der Waals surface area (Å²) in [6.07, 6.45) is 1.42. The Morgan fingerprint density at radius 2 is 1.80 bits per heavy atom. The molecule has 4 heteroatoms. The van der Waals surface area contributed by atoms with E-state index in [1.54, 1.807) is 4.90 Å². The highest BCUT2D eigenvalue weighted by molar-refractivity contribution is 5.76. The highest BCUT2D eigenvalue weighted by Crippen LogP contribution is 2.06. The lowest BCUT2D eigenvalue weighted by Crippen LogP contribution is -2.32. The van der Waals surface area contributed by atoms with Gasteiger partial charge in [0, 0.05) is 33.1 Å². The van der Waals surface area contributed by atoms with Crippen molar-refractivity contribution in [3.05, 3.63) is 35.4 Å². The number of aryl methyl sites for hydroxylation is 1. The number of nitrogens with zero attached hydrogens (tertiary/aromatic N) is 2. The lowest BCUT2D eigenvalue weighted by molar-refractivity contribution is -0.130. The van der Waals surface area contributed by atoms with Gasteiger partial charge in [-0.15, -0.1) is 0 Å². The van der Waals surface area contributed by atoms with Gasteiger partial charge in [-0.1, -0.05) is 29.8 Å². The molecule has 0 bridgehead atoms. The molecule has 2 N–H and O–H groups in total. The summed E-state index contributed by atoms with van der Waals surface area (Å²) in [5, 5.41) is 0. The number of rotatable bonds is 8. The van der Waals surface area contributed by atoms with Crippen molar-refractivity contribution >= 4 is 5.91 Å². The molecule has 1 amide bonds. The number of hydrogen-bond acceptors (Lipinski definition) is 3. The molecule has 1 aromatic carbocycles. The molecule has 1 aromatic rings. The van der Waals surface area contributed by atoms with Crippen molar-refractivity contribution in [2.24, 2.45) is 5.73 Å². The van der Waals surface area contributed by atoms with Gasteiger partial charge in [-0.05, 0) is 32.5 Å². The third-order valence-corrected chi connectivity index (χ3v) is 3.40. The highest BCUT2D eigenvalue weighted by Gasteiger charge is 2.09. The fourth-order valence-electron chi connectivity index (χ4n) is 2.01. The SMILES string of the molecule is Cc1ccc(CN(C)CCC(=O)N(C)CCCN)cc1. The summed E-state index contributed by atoms with van der Waals surface area (Å²) >= 11 is 0. The van der Waals surface area contributed by atoms with Gasteiger partial charge in [0.2, 0.25) is 5.91 Å². The molecule has 0 atom stereocenters. The molecule has 0 aliphatic rings. The second kappa shape index (κ2) is 8.72. The Kier molecular flexibility index (Phi) is 7.26. The van der Waals surface area contributed by atoms with Crippen molar-refractivity contribution in [2.75, 3.05) is 33.7 Å². The molecule has 4 nitrogen and oxygen atoms in total. The summed E-state index contributed by atoms with van der Waals surface area (Å²) < 4.78 is 0. The number of carbonyl (C=O) groups excluding carboxylic acids is 1. The molecule has 0 aliphatic carbocycles. The second-order valence-electron chi connectivity index (χ2n) is 5.43. The first-order chi connectivity index (χ1) is 9.52. The third-order valence-electron chi connectivity index (χ3n) is 3.40. The zero-order chi connectivity index (χ0) is 15.0. The molecular formula is C16H27N3O. The van der Waals surface area contributed by atoms with Gasteiger partial charge in [0.25, 0.3) is 0 Å². The predicted molar refractivity (Wildman–Crippen MR) is 83.4 cm³/mol. The van der Waals surface area contributed by atoms with E-state index in [-0.39, 0.29) is 5.91 Å². The van der Waals surface area contributed by atoms with Crippen molar-refractivity contribution in [2.45, 2.75) is 26.3 Å². The molecule has 1 rings (SSSR count). The van der Waals surface area contributed by atoms with Crippen molar-refractivity contribution < 1.29 is 4.79 Å². The van der Waals surface area contributed by atoms with Gasteiger partial charge in [0.15, 0.2) is 0 Å². The quantitative estimate of drug-likeness (QED) is 0.785. The van der Waals surface area contributed by atoms with Crippen molar-refractivity contribution in [1.29, 1.82) is 0 Å². The molecule has 0 radical (unpaired) electrons. The maximum Gasteiger partial charge on any atom is 0.223 e. The third kappa shape index (κ3) is 6.17. The Morgan fingerprint density at radius 3 is 2.40 bits per heavy atom. The van der Waals surface area contributed by atoms with E-state index < -0.39 is 0 Å². The molecular weight excluding hydrogens is 250 g/mol. The van der Waals surface area contributed by atoms with E-state index in [1.165, 1.54) is 11.1 Å². The number of benzene rings is 1. The van der Waals surface area contributed by atoms with Crippen molar-refractivity contribution in [3.8, 4) is 0 Å². The lowest BCUT2D eigenvalue weighted by Gasteiger charge is -2.20. The van der Waals surface area contributed by atoms with Gasteiger partial charge in [-0.2, -0.15) is 0 Å². The Balaban J connectivity index is 2.30. The minimum absolute atomic E-state index is 0.189. The number of carbonyl (C=O) groups is 1. The molecule has 0 spiro atoms. The van der Waals surface area contributed by atoms with Crippen LogP contribution in [0.1, 0.15) is 24.0 Å². The Bertz CT molecular complexity index is 403. The van der Waals surface area contributed by atoms with Gasteiger partial charge in [0.1, 0.15) is 0 Å². The molecule has 0 aliphatic heterocycles. The summed E-state index contributed by atoms with van der Waals surface area (Å²) in [5.74, 6) is 0.189. The maximum atomic E-state index is 11.9. The van der Waals surface area contributed by atoms with Crippen LogP contribution in [0.5, 0.6) is 0 Å². The van der Waals surface area contributed by atoms with E-state index in [0.29, 0.717) is 13.0 Å². The Labute approximate surface area is 122 Å². The van der Waals surface area contributed by atoms with Crippen molar-refractivity contribution in [3.63, 3.8) is 0 Å². The maximum absolute atomic E-state index is 11.9. The monoisotopic (exact) mass is 277 g/mol. The van der Waals surface area contributed by atoms with Crippen LogP contribution >= 0.6 is 0 Å². The smallest absolute Gasteiger partial charge is 0.223 e. The lowest BCUT2D eigenvalue weighted by atomic mass is 10.1. The molecule has 0 heterocycles. The average Bonchev–Trinajstić information content (AvgIpc) is 2.44. The molecule has 0 unspecified atom stereocenters. The topological polar surface area (TPSA) is 49.6 Å². The van der Waals surface area contributed by atoms with Crippen molar-refractivity contribution in [1.82, 2.24) is 9.80 Å². The van der Waals surface area contributed by atoms with E-state index in [4.69, 9.17) is 5.73 Å². The van der Waals surface area contributed by atoms with Crippen LogP contribution < -0.4 is 5.73 Å². The number of amides is 1. The van der Waals surface area contributed by atoms with Crippen LogP contribution in [0.25, 0.3) is 0 Å². The first kappa shape index (κ1) is 16.7. The van der Waals surface area contributed by atoms with E-state index in [0.717, 1.165) is 26.1 Å². The molecule has 0 saturated heterocycles. The van der Waals surface area contributed by atoms with Gasteiger partial charge in [-0.3, -0.25) is 4.79 Å². The summed E-state index contributed by atoms with van der Waals surface area (Å²) in [5.41, 5.74) is 8.00. The molecule has 20 heavy (non-hydrogen) atoms. The fraction of sp³-hybridized carbons (Fsp3) is 0.562. The summed E-state index contributed by atoms with van der Waals surface area (Å²) in [6.45, 7) is 5.12. The van der Waals surface area contributed by atoms with E-state index in [2.05, 4.69) is 36.1 Å². The van der Waals surface area contributed by atoms with Crippen LogP contribution in [-0.4, -0.2) is 49.4 Å². The minimum atomic E-state index is 0.189. The molecule has 0 fully saturated rings. The highest BCUT2D eigenvalue weighted by atomic mass is 16.2. The van der Waals surface area contributed by atoms with Crippen LogP contribution in [0.3, 0.4) is 0 Å². The van der Waals surface area contributed by atoms with Gasteiger partial charge >= 0.3 is 0 Å². The van der Waals surface area contributed by atoms with E-state index >= 15 is 0 Å². The largest absolute Gasteiger partial charge is 0.346 e. The van der Waals surface area contributed by atoms with Gasteiger partial charge in [0.05, 0.1) is 0 Å². The zero-order valence-electron chi connectivity index (χ0n) is 12.9. The Morgan fingerprint density at radius 1 is 1.15 bits per heavy atom. The Hall–Kier alpha value is -1.39. The molecule has 0 saturated carbocycles. The van der Waals surface area contributed by atoms with Gasteiger partial charge < -0.3 is 15.5 Å². The van der Waals surface area contributed by atoms with E-state index in [1.807, 2.05) is 14.1 Å². The predicted octanol–water partition coefficient (Wildman–Crippen LogP) is 1.62. The first-order valence-electron chi connectivity index (χ1n) is 7.21. The summed E-state index contributed by atoms with van der Waals surface area (Å²) in [7, 11) is 3.89. The zero-order valence-corrected chi connectivity index (χ0v) is 12.9. The fourth-order valence-corrected chi connectivity index (χ4v) is 2.01.